The molecule has 0 aliphatic heterocycles. The Hall–Kier alpha value is -2.84. The van der Waals surface area contributed by atoms with Crippen molar-refractivity contribution in [2.75, 3.05) is 20.2 Å². The molecule has 0 saturated carbocycles. The molecule has 0 unspecified atom stereocenters. The lowest BCUT2D eigenvalue weighted by molar-refractivity contribution is -0.0514. The molecule has 0 atom stereocenters. The molecule has 0 amide bonds. The van der Waals surface area contributed by atoms with Crippen LogP contribution in [-0.2, 0) is 13.1 Å². The second-order valence-corrected chi connectivity index (χ2v) is 6.45. The van der Waals surface area contributed by atoms with Crippen molar-refractivity contribution < 1.29 is 18.3 Å². The van der Waals surface area contributed by atoms with Crippen LogP contribution in [0.1, 0.15) is 30.3 Å². The van der Waals surface area contributed by atoms with E-state index in [1.54, 1.807) is 26.1 Å². The van der Waals surface area contributed by atoms with Gasteiger partial charge in [-0.2, -0.15) is 13.9 Å². The summed E-state index contributed by atoms with van der Waals surface area (Å²) < 4.78 is 36.9. The number of alkyl halides is 2. The fraction of sp³-hybridized carbons (Fsp3) is 0.500. The number of aryl methyl sites for hydroxylation is 3. The molecule has 2 N–H and O–H groups in total. The van der Waals surface area contributed by atoms with Crippen molar-refractivity contribution in [3.05, 3.63) is 41.2 Å². The summed E-state index contributed by atoms with van der Waals surface area (Å²) in [5.41, 5.74) is 3.03. The third-order valence-corrected chi connectivity index (χ3v) is 4.15. The van der Waals surface area contributed by atoms with Gasteiger partial charge < -0.3 is 20.1 Å². The molecule has 2 rings (SSSR count). The van der Waals surface area contributed by atoms with Crippen LogP contribution in [0.25, 0.3) is 0 Å². The number of hydrogen-bond donors (Lipinski definition) is 2. The summed E-state index contributed by atoms with van der Waals surface area (Å²) in [5.74, 6) is 0.974. The quantitative estimate of drug-likeness (QED) is 0.358. The summed E-state index contributed by atoms with van der Waals surface area (Å²) in [6, 6.07) is 6.94. The van der Waals surface area contributed by atoms with E-state index in [2.05, 4.69) is 31.5 Å². The highest BCUT2D eigenvalue weighted by atomic mass is 19.3. The van der Waals surface area contributed by atoms with Gasteiger partial charge in [0.1, 0.15) is 0 Å². The molecule has 160 valence electrons. The molecule has 7 nitrogen and oxygen atoms in total. The van der Waals surface area contributed by atoms with Crippen molar-refractivity contribution in [3.63, 3.8) is 0 Å². The highest BCUT2D eigenvalue weighted by Crippen LogP contribution is 2.29. The van der Waals surface area contributed by atoms with E-state index >= 15 is 0 Å². The highest BCUT2D eigenvalue weighted by molar-refractivity contribution is 5.79. The molecule has 29 heavy (non-hydrogen) atoms. The third kappa shape index (κ3) is 7.24. The summed E-state index contributed by atoms with van der Waals surface area (Å²) in [6.45, 7) is 5.31. The summed E-state index contributed by atoms with van der Waals surface area (Å²) >= 11 is 0. The normalized spacial score (nSPS) is 11.6. The number of aromatic nitrogens is 2. The van der Waals surface area contributed by atoms with E-state index in [9.17, 15) is 8.78 Å². The van der Waals surface area contributed by atoms with Gasteiger partial charge in [-0.05, 0) is 51.0 Å². The fourth-order valence-corrected chi connectivity index (χ4v) is 2.87. The summed E-state index contributed by atoms with van der Waals surface area (Å²) in [4.78, 5) is 4.20. The number of guanidine groups is 1. The van der Waals surface area contributed by atoms with Gasteiger partial charge in [0, 0.05) is 32.4 Å². The van der Waals surface area contributed by atoms with Gasteiger partial charge in [0.05, 0.1) is 12.3 Å². The van der Waals surface area contributed by atoms with E-state index in [0.29, 0.717) is 24.9 Å². The molecule has 2 aromatic rings. The van der Waals surface area contributed by atoms with E-state index in [-0.39, 0.29) is 5.75 Å². The van der Waals surface area contributed by atoms with E-state index in [4.69, 9.17) is 4.74 Å². The van der Waals surface area contributed by atoms with Crippen molar-refractivity contribution in [1.29, 1.82) is 0 Å². The maximum absolute atomic E-state index is 12.5. The summed E-state index contributed by atoms with van der Waals surface area (Å²) in [7, 11) is 1.70. The Morgan fingerprint density at radius 1 is 1.21 bits per heavy atom. The van der Waals surface area contributed by atoms with Crippen LogP contribution in [-0.4, -0.2) is 42.6 Å². The molecule has 0 bridgehead atoms. The second-order valence-electron chi connectivity index (χ2n) is 6.45. The monoisotopic (exact) mass is 409 g/mol. The van der Waals surface area contributed by atoms with E-state index in [1.165, 1.54) is 6.07 Å². The first-order valence-electron chi connectivity index (χ1n) is 9.59. The molecule has 0 spiro atoms. The number of rotatable bonds is 10. The van der Waals surface area contributed by atoms with Gasteiger partial charge in [0.25, 0.3) is 0 Å². The Bertz CT molecular complexity index is 808. The second kappa shape index (κ2) is 11.2. The topological polar surface area (TPSA) is 72.7 Å². The van der Waals surface area contributed by atoms with Crippen LogP contribution in [0.5, 0.6) is 11.5 Å². The summed E-state index contributed by atoms with van der Waals surface area (Å²) in [5, 5.41) is 10.9. The molecule has 9 heteroatoms. The number of ether oxygens (including phenoxy) is 2. The highest BCUT2D eigenvalue weighted by Gasteiger charge is 2.12. The molecular formula is C20H29F2N5O2. The van der Waals surface area contributed by atoms with E-state index in [1.807, 2.05) is 18.5 Å². The largest absolute Gasteiger partial charge is 0.490 e. The van der Waals surface area contributed by atoms with Gasteiger partial charge in [0.2, 0.25) is 0 Å². The zero-order valence-corrected chi connectivity index (χ0v) is 17.3. The van der Waals surface area contributed by atoms with Crippen LogP contribution < -0.4 is 20.1 Å². The van der Waals surface area contributed by atoms with Crippen molar-refractivity contribution in [2.24, 2.45) is 4.99 Å². The zero-order valence-electron chi connectivity index (χ0n) is 17.3. The molecule has 0 aliphatic carbocycles. The zero-order chi connectivity index (χ0) is 21.2. The maximum atomic E-state index is 12.5. The maximum Gasteiger partial charge on any atom is 0.387 e. The molecule has 0 radical (unpaired) electrons. The smallest absolute Gasteiger partial charge is 0.387 e. The number of benzene rings is 1. The molecule has 0 saturated heterocycles. The molecule has 1 aromatic carbocycles. The first-order chi connectivity index (χ1) is 13.9. The van der Waals surface area contributed by atoms with E-state index < -0.39 is 6.61 Å². The minimum Gasteiger partial charge on any atom is -0.490 e. The lowest BCUT2D eigenvalue weighted by atomic mass is 10.2. The predicted octanol–water partition coefficient (Wildman–Crippen LogP) is 3.26. The Labute approximate surface area is 170 Å². The standard InChI is InChI=1S/C20H29F2N5O2/c1-5-28-18-12-16(7-8-17(18)29-19(21)22)13-25-20(23-4)24-9-6-10-27-15(3)11-14(2)26-27/h7-8,11-12,19H,5-6,9-10,13H2,1-4H3,(H2,23,24,25). The molecular weight excluding hydrogens is 380 g/mol. The Kier molecular flexibility index (Phi) is 8.69. The fourth-order valence-electron chi connectivity index (χ4n) is 2.87. The van der Waals surface area contributed by atoms with Crippen molar-refractivity contribution >= 4 is 5.96 Å². The number of hydrogen-bond acceptors (Lipinski definition) is 4. The SMILES string of the molecule is CCOc1cc(CNC(=NC)NCCCn2nc(C)cc2C)ccc1OC(F)F. The molecule has 1 aromatic heterocycles. The van der Waals surface area contributed by atoms with Crippen LogP contribution >= 0.6 is 0 Å². The van der Waals surface area contributed by atoms with Crippen LogP contribution in [0.4, 0.5) is 8.78 Å². The third-order valence-electron chi connectivity index (χ3n) is 4.15. The van der Waals surface area contributed by atoms with Crippen molar-refractivity contribution in [3.8, 4) is 11.5 Å². The molecule has 1 heterocycles. The first-order valence-corrected chi connectivity index (χ1v) is 9.59. The average Bonchev–Trinajstić information content (AvgIpc) is 3.00. The van der Waals surface area contributed by atoms with Gasteiger partial charge in [-0.1, -0.05) is 6.07 Å². The lowest BCUT2D eigenvalue weighted by Crippen LogP contribution is -2.37. The Morgan fingerprint density at radius 3 is 2.62 bits per heavy atom. The van der Waals surface area contributed by atoms with Crippen molar-refractivity contribution in [2.45, 2.75) is 46.9 Å². The van der Waals surface area contributed by atoms with Crippen LogP contribution in [0.3, 0.4) is 0 Å². The van der Waals surface area contributed by atoms with Gasteiger partial charge in [0.15, 0.2) is 17.5 Å². The number of halogens is 2. The van der Waals surface area contributed by atoms with Crippen molar-refractivity contribution in [1.82, 2.24) is 20.4 Å². The number of aliphatic imine (C=N–C) groups is 1. The van der Waals surface area contributed by atoms with Crippen LogP contribution in [0, 0.1) is 13.8 Å². The molecule has 0 fully saturated rings. The number of nitrogens with one attached hydrogen (secondary N) is 2. The average molecular weight is 409 g/mol. The minimum atomic E-state index is -2.89. The van der Waals surface area contributed by atoms with Gasteiger partial charge in [-0.3, -0.25) is 9.67 Å². The lowest BCUT2D eigenvalue weighted by Gasteiger charge is -2.15. The van der Waals surface area contributed by atoms with Gasteiger partial charge >= 0.3 is 6.61 Å². The predicted molar refractivity (Wildman–Crippen MR) is 109 cm³/mol. The Morgan fingerprint density at radius 2 is 2.00 bits per heavy atom. The van der Waals surface area contributed by atoms with E-state index in [0.717, 1.165) is 36.5 Å². The minimum absolute atomic E-state index is 0.0252. The molecule has 0 aliphatic rings. The van der Waals surface area contributed by atoms with Gasteiger partial charge in [-0.15, -0.1) is 0 Å². The van der Waals surface area contributed by atoms with Gasteiger partial charge in [-0.25, -0.2) is 0 Å². The first kappa shape index (κ1) is 22.4. The Balaban J connectivity index is 1.83. The van der Waals surface area contributed by atoms with Crippen LogP contribution in [0.15, 0.2) is 29.3 Å². The summed E-state index contributed by atoms with van der Waals surface area (Å²) in [6.07, 6.45) is 0.900. The van der Waals surface area contributed by atoms with Crippen LogP contribution in [0.2, 0.25) is 0 Å². The number of nitrogens with zero attached hydrogens (tertiary/aromatic N) is 3.